The first-order chi connectivity index (χ1) is 9.58. The van der Waals surface area contributed by atoms with Gasteiger partial charge in [0, 0.05) is 25.8 Å². The molecule has 20 heavy (non-hydrogen) atoms. The molecule has 0 spiro atoms. The van der Waals surface area contributed by atoms with Crippen LogP contribution in [0.3, 0.4) is 0 Å². The summed E-state index contributed by atoms with van der Waals surface area (Å²) in [4.78, 5) is 13.7. The van der Waals surface area contributed by atoms with Gasteiger partial charge >= 0.3 is 0 Å². The molecule has 1 aromatic rings. The summed E-state index contributed by atoms with van der Waals surface area (Å²) in [7, 11) is 1.95. The van der Waals surface area contributed by atoms with E-state index >= 15 is 0 Å². The van der Waals surface area contributed by atoms with E-state index in [1.54, 1.807) is 0 Å². The van der Waals surface area contributed by atoms with E-state index in [9.17, 15) is 4.79 Å². The number of nitrogens with one attached hydrogen (secondary N) is 2. The Bertz CT molecular complexity index is 432. The van der Waals surface area contributed by atoms with Crippen LogP contribution in [0.1, 0.15) is 31.4 Å². The van der Waals surface area contributed by atoms with Crippen molar-refractivity contribution in [2.24, 2.45) is 0 Å². The van der Waals surface area contributed by atoms with Gasteiger partial charge < -0.3 is 15.5 Å². The van der Waals surface area contributed by atoms with E-state index in [0.29, 0.717) is 6.54 Å². The smallest absolute Gasteiger partial charge is 0.239 e. The number of carbonyl (C=O) groups excluding carboxylic acids is 1. The van der Waals surface area contributed by atoms with Crippen LogP contribution in [-0.4, -0.2) is 32.6 Å². The number of likely N-dealkylation sites (N-methyl/N-ethyl adjacent to an activating group) is 1. The summed E-state index contributed by atoms with van der Waals surface area (Å²) in [5.74, 6) is 0.0729. The molecule has 1 aromatic carbocycles. The van der Waals surface area contributed by atoms with Gasteiger partial charge in [-0.1, -0.05) is 19.9 Å². The molecule has 0 atom stereocenters. The molecule has 0 aromatic heterocycles. The Morgan fingerprint density at radius 1 is 1.30 bits per heavy atom. The van der Waals surface area contributed by atoms with Gasteiger partial charge in [0.1, 0.15) is 0 Å². The Morgan fingerprint density at radius 2 is 2.05 bits per heavy atom. The minimum absolute atomic E-state index is 0.0729. The third-order valence-electron chi connectivity index (χ3n) is 3.29. The van der Waals surface area contributed by atoms with Crippen molar-refractivity contribution in [3.63, 3.8) is 0 Å². The fraction of sp³-hybridized carbons (Fsp3) is 0.562. The minimum atomic E-state index is 0.0729. The summed E-state index contributed by atoms with van der Waals surface area (Å²) in [5, 5.41) is 6.23. The zero-order valence-corrected chi connectivity index (χ0v) is 13.1. The van der Waals surface area contributed by atoms with Crippen LogP contribution in [0.5, 0.6) is 0 Å². The number of hydrogen-bond acceptors (Lipinski definition) is 3. The third kappa shape index (κ3) is 5.21. The molecule has 0 aliphatic carbocycles. The lowest BCUT2D eigenvalue weighted by molar-refractivity contribution is -0.119. The standard InChI is InChI=1S/C16H27N3O/c1-5-9-18-16(20)12-19(4)15-8-7-14(11-17-6-2)13(3)10-15/h7-8,10,17H,5-6,9,11-12H2,1-4H3,(H,18,20). The second kappa shape index (κ2) is 8.59. The largest absolute Gasteiger partial charge is 0.365 e. The van der Waals surface area contributed by atoms with Crippen molar-refractivity contribution in [2.75, 3.05) is 31.6 Å². The van der Waals surface area contributed by atoms with Gasteiger partial charge in [-0.05, 0) is 43.1 Å². The van der Waals surface area contributed by atoms with Crippen molar-refractivity contribution in [3.8, 4) is 0 Å². The normalized spacial score (nSPS) is 10.4. The average molecular weight is 277 g/mol. The quantitative estimate of drug-likeness (QED) is 0.764. The highest BCUT2D eigenvalue weighted by Crippen LogP contribution is 2.18. The molecule has 4 nitrogen and oxygen atoms in total. The Labute approximate surface area is 122 Å². The van der Waals surface area contributed by atoms with Crippen molar-refractivity contribution < 1.29 is 4.79 Å². The Morgan fingerprint density at radius 3 is 2.65 bits per heavy atom. The number of anilines is 1. The number of hydrogen-bond donors (Lipinski definition) is 2. The van der Waals surface area contributed by atoms with Crippen molar-refractivity contribution in [1.29, 1.82) is 0 Å². The highest BCUT2D eigenvalue weighted by molar-refractivity contribution is 5.81. The summed E-state index contributed by atoms with van der Waals surface area (Å²) >= 11 is 0. The third-order valence-corrected chi connectivity index (χ3v) is 3.29. The second-order valence-electron chi connectivity index (χ2n) is 5.10. The van der Waals surface area contributed by atoms with Crippen LogP contribution in [-0.2, 0) is 11.3 Å². The molecular formula is C16H27N3O. The first kappa shape index (κ1) is 16.5. The number of amides is 1. The van der Waals surface area contributed by atoms with Crippen LogP contribution in [0.25, 0.3) is 0 Å². The summed E-state index contributed by atoms with van der Waals surface area (Å²) in [6.45, 7) is 9.27. The van der Waals surface area contributed by atoms with Crippen LogP contribution in [0.15, 0.2) is 18.2 Å². The fourth-order valence-electron chi connectivity index (χ4n) is 2.00. The number of benzene rings is 1. The zero-order chi connectivity index (χ0) is 15.0. The Balaban J connectivity index is 2.62. The monoisotopic (exact) mass is 277 g/mol. The first-order valence-electron chi connectivity index (χ1n) is 7.36. The molecule has 0 saturated carbocycles. The van der Waals surface area contributed by atoms with Crippen molar-refractivity contribution in [3.05, 3.63) is 29.3 Å². The van der Waals surface area contributed by atoms with E-state index in [0.717, 1.165) is 31.7 Å². The van der Waals surface area contributed by atoms with Gasteiger partial charge in [-0.2, -0.15) is 0 Å². The van der Waals surface area contributed by atoms with Crippen molar-refractivity contribution in [1.82, 2.24) is 10.6 Å². The van der Waals surface area contributed by atoms with Gasteiger partial charge in [0.15, 0.2) is 0 Å². The molecule has 1 rings (SSSR count). The molecule has 112 valence electrons. The maximum absolute atomic E-state index is 11.7. The molecule has 0 radical (unpaired) electrons. The molecule has 0 aliphatic heterocycles. The molecular weight excluding hydrogens is 250 g/mol. The molecule has 0 fully saturated rings. The summed E-state index contributed by atoms with van der Waals surface area (Å²) in [6, 6.07) is 6.35. The van der Waals surface area contributed by atoms with Crippen LogP contribution in [0.2, 0.25) is 0 Å². The number of nitrogens with zero attached hydrogens (tertiary/aromatic N) is 1. The van der Waals surface area contributed by atoms with E-state index < -0.39 is 0 Å². The summed E-state index contributed by atoms with van der Waals surface area (Å²) in [6.07, 6.45) is 0.966. The zero-order valence-electron chi connectivity index (χ0n) is 13.1. The SMILES string of the molecule is CCCNC(=O)CN(C)c1ccc(CNCC)c(C)c1. The highest BCUT2D eigenvalue weighted by Gasteiger charge is 2.08. The molecule has 0 saturated heterocycles. The number of carbonyl (C=O) groups is 1. The van der Waals surface area contributed by atoms with Crippen LogP contribution in [0, 0.1) is 6.92 Å². The van der Waals surface area contributed by atoms with Gasteiger partial charge in [-0.15, -0.1) is 0 Å². The molecule has 0 unspecified atom stereocenters. The number of aryl methyl sites for hydroxylation is 1. The van der Waals surface area contributed by atoms with E-state index in [2.05, 4.69) is 49.6 Å². The van der Waals surface area contributed by atoms with E-state index in [1.807, 2.05) is 11.9 Å². The molecule has 0 aliphatic rings. The van der Waals surface area contributed by atoms with E-state index in [-0.39, 0.29) is 5.91 Å². The van der Waals surface area contributed by atoms with Crippen molar-refractivity contribution in [2.45, 2.75) is 33.7 Å². The van der Waals surface area contributed by atoms with Crippen LogP contribution in [0.4, 0.5) is 5.69 Å². The summed E-state index contributed by atoms with van der Waals surface area (Å²) in [5.41, 5.74) is 3.64. The maximum atomic E-state index is 11.7. The van der Waals surface area contributed by atoms with E-state index in [4.69, 9.17) is 0 Å². The fourth-order valence-corrected chi connectivity index (χ4v) is 2.00. The lowest BCUT2D eigenvalue weighted by atomic mass is 10.1. The van der Waals surface area contributed by atoms with Gasteiger partial charge in [0.2, 0.25) is 5.91 Å². The van der Waals surface area contributed by atoms with Gasteiger partial charge in [0.05, 0.1) is 6.54 Å². The first-order valence-corrected chi connectivity index (χ1v) is 7.36. The topological polar surface area (TPSA) is 44.4 Å². The van der Waals surface area contributed by atoms with Crippen LogP contribution < -0.4 is 15.5 Å². The molecule has 0 heterocycles. The van der Waals surface area contributed by atoms with Gasteiger partial charge in [-0.3, -0.25) is 4.79 Å². The second-order valence-corrected chi connectivity index (χ2v) is 5.10. The summed E-state index contributed by atoms with van der Waals surface area (Å²) < 4.78 is 0. The highest BCUT2D eigenvalue weighted by atomic mass is 16.2. The molecule has 2 N–H and O–H groups in total. The number of rotatable bonds is 8. The lowest BCUT2D eigenvalue weighted by Gasteiger charge is -2.20. The predicted octanol–water partition coefficient (Wildman–Crippen LogP) is 2.07. The minimum Gasteiger partial charge on any atom is -0.365 e. The molecule has 0 bridgehead atoms. The average Bonchev–Trinajstić information content (AvgIpc) is 2.43. The molecule has 1 amide bonds. The van der Waals surface area contributed by atoms with Gasteiger partial charge in [-0.25, -0.2) is 0 Å². The maximum Gasteiger partial charge on any atom is 0.239 e. The van der Waals surface area contributed by atoms with Crippen molar-refractivity contribution >= 4 is 11.6 Å². The molecule has 4 heteroatoms. The van der Waals surface area contributed by atoms with E-state index in [1.165, 1.54) is 11.1 Å². The van der Waals surface area contributed by atoms with Gasteiger partial charge in [0.25, 0.3) is 0 Å². The van der Waals surface area contributed by atoms with Crippen LogP contribution >= 0.6 is 0 Å². The predicted molar refractivity (Wildman–Crippen MR) is 85.1 cm³/mol. The lowest BCUT2D eigenvalue weighted by Crippen LogP contribution is -2.35. The Kier molecular flexibility index (Phi) is 7.09. The Hall–Kier alpha value is -1.55.